The fourth-order valence-corrected chi connectivity index (χ4v) is 9.76. The maximum Gasteiger partial charge on any atom is 0.490 e. The van der Waals surface area contributed by atoms with Gasteiger partial charge < -0.3 is 32.1 Å². The fraction of sp³-hybridized carbons (Fsp3) is 0.355. The van der Waals surface area contributed by atoms with Crippen LogP contribution >= 0.6 is 23.1 Å². The van der Waals surface area contributed by atoms with E-state index in [4.69, 9.17) is 21.0 Å². The zero-order valence-corrected chi connectivity index (χ0v) is 33.7. The maximum atomic E-state index is 13.8. The molecule has 0 aliphatic carbocycles. The normalized spacial score (nSPS) is 11.8. The number of anilines is 2. The van der Waals surface area contributed by atoms with Gasteiger partial charge in [0.15, 0.2) is 0 Å². The van der Waals surface area contributed by atoms with Crippen molar-refractivity contribution in [2.45, 2.75) is 39.9 Å². The van der Waals surface area contributed by atoms with Crippen molar-refractivity contribution in [2.24, 2.45) is 5.73 Å². The van der Waals surface area contributed by atoms with E-state index in [0.717, 1.165) is 23.8 Å². The minimum atomic E-state index is -5.08. The molecule has 0 unspecified atom stereocenters. The van der Waals surface area contributed by atoms with Crippen molar-refractivity contribution >= 4 is 87.9 Å². The van der Waals surface area contributed by atoms with Gasteiger partial charge >= 0.3 is 24.2 Å². The SMILES string of the molecule is CSc1sc(C(=N)N)cc1S(=O)(=O)c1cccc(-c2c(C)cc(NC(=O)NCCCS(C)(=O)=O)cc2NC(=O)NCCCS(C)(=O)=O)c1.O=C(O)C(F)(F)F. The number of thioether (sulfide) groups is 1. The zero-order valence-electron chi connectivity index (χ0n) is 29.7. The van der Waals surface area contributed by atoms with Crippen LogP contribution in [0.4, 0.5) is 34.1 Å². The fourth-order valence-electron chi connectivity index (χ4n) is 4.52. The summed E-state index contributed by atoms with van der Waals surface area (Å²) in [6, 6.07) is 9.36. The number of aryl methyl sites for hydroxylation is 1. The first-order valence-electron chi connectivity index (χ1n) is 15.5. The van der Waals surface area contributed by atoms with Crippen molar-refractivity contribution in [3.63, 3.8) is 0 Å². The lowest BCUT2D eigenvalue weighted by molar-refractivity contribution is -0.192. The molecular formula is C31H39F3N6O10S5. The third kappa shape index (κ3) is 15.3. The Morgan fingerprint density at radius 1 is 0.891 bits per heavy atom. The summed E-state index contributed by atoms with van der Waals surface area (Å²) < 4.78 is 105. The van der Waals surface area contributed by atoms with Crippen LogP contribution in [0.1, 0.15) is 23.3 Å². The van der Waals surface area contributed by atoms with Gasteiger partial charge in [-0.3, -0.25) is 5.41 Å². The van der Waals surface area contributed by atoms with Crippen LogP contribution in [-0.2, 0) is 34.3 Å². The largest absolute Gasteiger partial charge is 0.490 e. The van der Waals surface area contributed by atoms with Crippen LogP contribution in [0.3, 0.4) is 0 Å². The molecule has 1 aromatic heterocycles. The molecule has 0 atom stereocenters. The Morgan fingerprint density at radius 3 is 1.89 bits per heavy atom. The lowest BCUT2D eigenvalue weighted by atomic mass is 9.97. The molecule has 0 saturated carbocycles. The quantitative estimate of drug-likeness (QED) is 0.0488. The number of carbonyl (C=O) groups is 3. The third-order valence-corrected chi connectivity index (χ3v) is 13.3. The number of aliphatic carboxylic acids is 1. The molecule has 0 fully saturated rings. The van der Waals surface area contributed by atoms with E-state index < -0.39 is 53.7 Å². The number of nitrogen functional groups attached to an aromatic ring is 1. The number of hydrogen-bond acceptors (Lipinski definition) is 12. The number of alkyl halides is 3. The zero-order chi connectivity index (χ0) is 41.9. The number of carboxylic acid groups (broad SMARTS) is 1. The number of thiophene rings is 1. The average Bonchev–Trinajstić information content (AvgIpc) is 3.50. The Bertz CT molecular complexity index is 2250. The number of carbonyl (C=O) groups excluding carboxylic acids is 2. The van der Waals surface area contributed by atoms with E-state index in [9.17, 15) is 48.0 Å². The molecule has 2 aromatic carbocycles. The predicted octanol–water partition coefficient (Wildman–Crippen LogP) is 4.31. The van der Waals surface area contributed by atoms with Crippen molar-refractivity contribution in [3.8, 4) is 11.1 Å². The summed E-state index contributed by atoms with van der Waals surface area (Å²) in [5.41, 5.74) is 7.58. The summed E-state index contributed by atoms with van der Waals surface area (Å²) >= 11 is 2.33. The molecule has 0 bridgehead atoms. The van der Waals surface area contributed by atoms with Gasteiger partial charge in [-0.15, -0.1) is 23.1 Å². The smallest absolute Gasteiger partial charge is 0.475 e. The summed E-state index contributed by atoms with van der Waals surface area (Å²) in [7, 11) is -10.5. The summed E-state index contributed by atoms with van der Waals surface area (Å²) in [4.78, 5) is 34.7. The van der Waals surface area contributed by atoms with Crippen LogP contribution in [0.2, 0.25) is 0 Å². The number of amides is 4. The van der Waals surface area contributed by atoms with E-state index in [1.54, 1.807) is 31.4 Å². The van der Waals surface area contributed by atoms with E-state index >= 15 is 0 Å². The van der Waals surface area contributed by atoms with Gasteiger partial charge in [0, 0.05) is 36.9 Å². The lowest BCUT2D eigenvalue weighted by Gasteiger charge is -2.18. The van der Waals surface area contributed by atoms with Crippen LogP contribution in [-0.4, -0.2) is 104 Å². The molecule has 3 rings (SSSR count). The van der Waals surface area contributed by atoms with Gasteiger partial charge in [-0.05, 0) is 67.5 Å². The number of amidine groups is 1. The Hall–Kier alpha value is -4.39. The molecule has 16 nitrogen and oxygen atoms in total. The Kier molecular flexibility index (Phi) is 16.5. The van der Waals surface area contributed by atoms with E-state index in [1.807, 2.05) is 0 Å². The number of carboxylic acids is 1. The summed E-state index contributed by atoms with van der Waals surface area (Å²) in [6.45, 7) is 1.88. The molecule has 304 valence electrons. The Labute approximate surface area is 324 Å². The molecule has 0 spiro atoms. The minimum absolute atomic E-state index is 0.0213. The highest BCUT2D eigenvalue weighted by Crippen LogP contribution is 2.39. The molecule has 1 heterocycles. The van der Waals surface area contributed by atoms with E-state index in [1.165, 1.54) is 36.0 Å². The molecular weight excluding hydrogens is 834 g/mol. The number of sulfone groups is 3. The Morgan fingerprint density at radius 2 is 1.42 bits per heavy atom. The number of hydrogen-bond donors (Lipinski definition) is 7. The van der Waals surface area contributed by atoms with Crippen LogP contribution in [0.5, 0.6) is 0 Å². The summed E-state index contributed by atoms with van der Waals surface area (Å²) in [6.07, 6.45) is -0.753. The van der Waals surface area contributed by atoms with Gasteiger partial charge in [0.2, 0.25) is 9.84 Å². The summed E-state index contributed by atoms with van der Waals surface area (Å²) in [5.74, 6) is -3.21. The first-order valence-corrected chi connectivity index (χ1v) is 23.2. The number of rotatable bonds is 15. The number of benzene rings is 2. The predicted molar refractivity (Wildman–Crippen MR) is 206 cm³/mol. The van der Waals surface area contributed by atoms with Crippen molar-refractivity contribution in [2.75, 3.05) is 54.0 Å². The topological polar surface area (TPSA) is 272 Å². The summed E-state index contributed by atoms with van der Waals surface area (Å²) in [5, 5.41) is 25.4. The number of nitrogens with one attached hydrogen (secondary N) is 5. The molecule has 8 N–H and O–H groups in total. The number of halogens is 3. The van der Waals surface area contributed by atoms with Gasteiger partial charge in [0.25, 0.3) is 0 Å². The van der Waals surface area contributed by atoms with Gasteiger partial charge in [-0.25, -0.2) is 39.6 Å². The van der Waals surface area contributed by atoms with Gasteiger partial charge in [-0.1, -0.05) is 12.1 Å². The molecule has 0 radical (unpaired) electrons. The van der Waals surface area contributed by atoms with Gasteiger partial charge in [0.1, 0.15) is 25.5 Å². The van der Waals surface area contributed by atoms with Crippen LogP contribution in [0.15, 0.2) is 56.5 Å². The second-order valence-electron chi connectivity index (χ2n) is 11.7. The van der Waals surface area contributed by atoms with Crippen LogP contribution < -0.4 is 27.0 Å². The van der Waals surface area contributed by atoms with Crippen molar-refractivity contribution in [3.05, 3.63) is 52.9 Å². The standard InChI is InChI=1S/C29H38N6O8S5.C2HF3O2/c1-18-14-20(34-28(36)32-10-6-12-46(3,38)39)16-22(35-29(37)33-11-7-13-47(4,40)41)25(18)19-8-5-9-21(15-19)48(42,43)24-17-23(26(30)31)45-27(24)44-2;3-2(4,5)1(6)7/h5,8-9,14-17H,6-7,10-13H2,1-4H3,(H3,30,31)(H2,32,34,36)(H2,33,35,37);(H,6,7). The molecule has 4 amide bonds. The first-order chi connectivity index (χ1) is 25.2. The number of urea groups is 2. The first kappa shape index (κ1) is 46.8. The van der Waals surface area contributed by atoms with Crippen molar-refractivity contribution in [1.29, 1.82) is 5.41 Å². The third-order valence-electron chi connectivity index (χ3n) is 6.88. The van der Waals surface area contributed by atoms with E-state index in [0.29, 0.717) is 25.8 Å². The van der Waals surface area contributed by atoms with E-state index in [2.05, 4.69) is 21.3 Å². The minimum Gasteiger partial charge on any atom is -0.475 e. The maximum absolute atomic E-state index is 13.8. The monoisotopic (exact) mass is 872 g/mol. The number of nitrogens with two attached hydrogens (primary N) is 1. The highest BCUT2D eigenvalue weighted by atomic mass is 32.2. The highest BCUT2D eigenvalue weighted by Gasteiger charge is 2.38. The van der Waals surface area contributed by atoms with Gasteiger partial charge in [0.05, 0.1) is 36.1 Å². The lowest BCUT2D eigenvalue weighted by Crippen LogP contribution is -2.31. The van der Waals surface area contributed by atoms with Gasteiger partial charge in [-0.2, -0.15) is 13.2 Å². The average molecular weight is 873 g/mol. The molecule has 0 saturated heterocycles. The highest BCUT2D eigenvalue weighted by molar-refractivity contribution is 8.01. The second kappa shape index (κ2) is 19.5. The molecule has 24 heteroatoms. The van der Waals surface area contributed by atoms with Crippen molar-refractivity contribution in [1.82, 2.24) is 10.6 Å². The van der Waals surface area contributed by atoms with Crippen LogP contribution in [0, 0.1) is 12.3 Å². The van der Waals surface area contributed by atoms with E-state index in [-0.39, 0.29) is 64.4 Å². The van der Waals surface area contributed by atoms with Crippen molar-refractivity contribution < 1.29 is 57.9 Å². The molecule has 3 aromatic rings. The second-order valence-corrected chi connectivity index (χ2v) is 20.2. The molecule has 0 aliphatic heterocycles. The molecule has 0 aliphatic rings. The Balaban J connectivity index is 0.00000136. The molecule has 55 heavy (non-hydrogen) atoms. The van der Waals surface area contributed by atoms with Crippen LogP contribution in [0.25, 0.3) is 11.1 Å².